The molecule has 1 aliphatic carbocycles. The molecule has 3 aromatic carbocycles. The van der Waals surface area contributed by atoms with Crippen LogP contribution in [0.2, 0.25) is 10.0 Å². The number of nitrogens with zero attached hydrogens (tertiary/aromatic N) is 1. The summed E-state index contributed by atoms with van der Waals surface area (Å²) in [4.78, 5) is 29.4. The minimum absolute atomic E-state index is 0.0988. The average molecular weight is 582 g/mol. The Morgan fingerprint density at radius 1 is 0.925 bits per heavy atom. The third-order valence-corrected chi connectivity index (χ3v) is 8.12. The Bertz CT molecular complexity index is 1240. The van der Waals surface area contributed by atoms with Crippen molar-refractivity contribution in [2.75, 3.05) is 6.61 Å². The average Bonchev–Trinajstić information content (AvgIpc) is 2.96. The zero-order chi connectivity index (χ0) is 28.3. The maximum atomic E-state index is 13.8. The second-order valence-corrected chi connectivity index (χ2v) is 11.4. The predicted octanol–water partition coefficient (Wildman–Crippen LogP) is 7.55. The maximum Gasteiger partial charge on any atom is 0.243 e. The molecule has 0 aromatic heterocycles. The fraction of sp³-hybridized carbons (Fsp3) is 0.394. The fourth-order valence-corrected chi connectivity index (χ4v) is 5.45. The van der Waals surface area contributed by atoms with Gasteiger partial charge in [-0.25, -0.2) is 0 Å². The first-order chi connectivity index (χ1) is 19.4. The summed E-state index contributed by atoms with van der Waals surface area (Å²) in [6.07, 6.45) is 6.59. The molecule has 2 amide bonds. The molecule has 1 aliphatic rings. The molecule has 212 valence electrons. The van der Waals surface area contributed by atoms with Gasteiger partial charge in [-0.15, -0.1) is 0 Å². The SMILES string of the molecule is Cc1ccc(OCCCC(=O)N(Cc2ccc(Cl)c(Cl)c2)[C@@H](Cc2ccccc2)C(=O)NC2CCCCC2)cc1. The smallest absolute Gasteiger partial charge is 0.243 e. The minimum Gasteiger partial charge on any atom is -0.494 e. The van der Waals surface area contributed by atoms with Crippen LogP contribution in [-0.2, 0) is 22.6 Å². The second kappa shape index (κ2) is 15.1. The lowest BCUT2D eigenvalue weighted by Gasteiger charge is -2.33. The van der Waals surface area contributed by atoms with Gasteiger partial charge in [-0.2, -0.15) is 0 Å². The fourth-order valence-electron chi connectivity index (χ4n) is 5.12. The Morgan fingerprint density at radius 2 is 1.65 bits per heavy atom. The molecule has 0 bridgehead atoms. The molecule has 1 fully saturated rings. The zero-order valence-electron chi connectivity index (χ0n) is 23.1. The van der Waals surface area contributed by atoms with E-state index >= 15 is 0 Å². The van der Waals surface area contributed by atoms with Gasteiger partial charge in [-0.3, -0.25) is 9.59 Å². The van der Waals surface area contributed by atoms with Crippen molar-refractivity contribution in [2.24, 2.45) is 0 Å². The summed E-state index contributed by atoms with van der Waals surface area (Å²) in [5.74, 6) is 0.567. The summed E-state index contributed by atoms with van der Waals surface area (Å²) in [6, 6.07) is 22.5. The Balaban J connectivity index is 1.53. The van der Waals surface area contributed by atoms with Crippen LogP contribution in [0.5, 0.6) is 5.75 Å². The van der Waals surface area contributed by atoms with E-state index in [1.807, 2.05) is 67.6 Å². The number of hydrogen-bond donors (Lipinski definition) is 1. The largest absolute Gasteiger partial charge is 0.494 e. The van der Waals surface area contributed by atoms with Crippen LogP contribution < -0.4 is 10.1 Å². The first kappa shape index (κ1) is 30.0. The molecule has 5 nitrogen and oxygen atoms in total. The number of carbonyl (C=O) groups is 2. The highest BCUT2D eigenvalue weighted by Gasteiger charge is 2.31. The predicted molar refractivity (Wildman–Crippen MR) is 162 cm³/mol. The molecule has 1 saturated carbocycles. The summed E-state index contributed by atoms with van der Waals surface area (Å²) in [5, 5.41) is 4.14. The highest BCUT2D eigenvalue weighted by atomic mass is 35.5. The first-order valence-corrected chi connectivity index (χ1v) is 14.9. The number of halogens is 2. The number of benzene rings is 3. The molecule has 0 radical (unpaired) electrons. The van der Waals surface area contributed by atoms with Gasteiger partial charge in [-0.05, 0) is 61.6 Å². The van der Waals surface area contributed by atoms with Crippen molar-refractivity contribution >= 4 is 35.0 Å². The van der Waals surface area contributed by atoms with Crippen molar-refractivity contribution in [2.45, 2.75) is 76.9 Å². The van der Waals surface area contributed by atoms with E-state index < -0.39 is 6.04 Å². The minimum atomic E-state index is -0.663. The van der Waals surface area contributed by atoms with Gasteiger partial charge in [0, 0.05) is 25.4 Å². The highest BCUT2D eigenvalue weighted by Crippen LogP contribution is 2.25. The van der Waals surface area contributed by atoms with Gasteiger partial charge in [-0.1, -0.05) is 96.6 Å². The maximum absolute atomic E-state index is 13.8. The Labute approximate surface area is 247 Å². The topological polar surface area (TPSA) is 58.6 Å². The van der Waals surface area contributed by atoms with E-state index in [0.717, 1.165) is 48.1 Å². The lowest BCUT2D eigenvalue weighted by Crippen LogP contribution is -2.52. The van der Waals surface area contributed by atoms with E-state index in [-0.39, 0.29) is 30.8 Å². The van der Waals surface area contributed by atoms with Gasteiger partial charge in [0.2, 0.25) is 11.8 Å². The second-order valence-electron chi connectivity index (χ2n) is 10.6. The van der Waals surface area contributed by atoms with Crippen LogP contribution in [-0.4, -0.2) is 35.4 Å². The van der Waals surface area contributed by atoms with Crippen LogP contribution in [0.3, 0.4) is 0 Å². The van der Waals surface area contributed by atoms with Crippen LogP contribution in [0.1, 0.15) is 61.6 Å². The van der Waals surface area contributed by atoms with E-state index in [2.05, 4.69) is 5.32 Å². The Hall–Kier alpha value is -3.02. The molecule has 0 unspecified atom stereocenters. The van der Waals surface area contributed by atoms with Crippen molar-refractivity contribution in [3.05, 3.63) is 99.5 Å². The Kier molecular flexibility index (Phi) is 11.3. The van der Waals surface area contributed by atoms with Crippen molar-refractivity contribution < 1.29 is 14.3 Å². The van der Waals surface area contributed by atoms with Crippen LogP contribution in [0, 0.1) is 6.92 Å². The molecule has 0 aliphatic heterocycles. The van der Waals surface area contributed by atoms with E-state index in [1.54, 1.807) is 17.0 Å². The monoisotopic (exact) mass is 580 g/mol. The molecule has 0 saturated heterocycles. The molecular weight excluding hydrogens is 543 g/mol. The number of carbonyl (C=O) groups excluding carboxylic acids is 2. The van der Waals surface area contributed by atoms with E-state index in [4.69, 9.17) is 27.9 Å². The Morgan fingerprint density at radius 3 is 2.35 bits per heavy atom. The molecule has 1 atom stereocenters. The molecule has 0 heterocycles. The first-order valence-electron chi connectivity index (χ1n) is 14.2. The van der Waals surface area contributed by atoms with Gasteiger partial charge in [0.25, 0.3) is 0 Å². The van der Waals surface area contributed by atoms with Gasteiger partial charge >= 0.3 is 0 Å². The molecule has 3 aromatic rings. The van der Waals surface area contributed by atoms with Gasteiger partial charge in [0.05, 0.1) is 16.7 Å². The number of nitrogens with one attached hydrogen (secondary N) is 1. The van der Waals surface area contributed by atoms with Crippen LogP contribution in [0.4, 0.5) is 0 Å². The quantitative estimate of drug-likeness (QED) is 0.225. The van der Waals surface area contributed by atoms with Crippen molar-refractivity contribution in [3.63, 3.8) is 0 Å². The molecule has 40 heavy (non-hydrogen) atoms. The number of rotatable bonds is 12. The molecule has 1 N–H and O–H groups in total. The molecule has 4 rings (SSSR count). The standard InChI is InChI=1S/C33H38Cl2N2O3/c1-24-14-17-28(18-15-24)40-20-8-13-32(38)37(23-26-16-19-29(34)30(35)21-26)31(22-25-9-4-2-5-10-25)33(39)36-27-11-6-3-7-12-27/h2,4-5,9-10,14-19,21,27,31H,3,6-8,11-13,20,22-23H2,1H3,(H,36,39)/t31-/m0/s1. The van der Waals surface area contributed by atoms with Gasteiger partial charge in [0.15, 0.2) is 0 Å². The van der Waals surface area contributed by atoms with Crippen molar-refractivity contribution in [3.8, 4) is 5.75 Å². The van der Waals surface area contributed by atoms with Crippen LogP contribution in [0.15, 0.2) is 72.8 Å². The van der Waals surface area contributed by atoms with Crippen LogP contribution in [0.25, 0.3) is 0 Å². The molecular formula is C33H38Cl2N2O3. The summed E-state index contributed by atoms with van der Waals surface area (Å²) in [7, 11) is 0. The number of ether oxygens (including phenoxy) is 1. The van der Waals surface area contributed by atoms with Gasteiger partial charge in [0.1, 0.15) is 11.8 Å². The van der Waals surface area contributed by atoms with Gasteiger partial charge < -0.3 is 15.0 Å². The van der Waals surface area contributed by atoms with Crippen molar-refractivity contribution in [1.29, 1.82) is 0 Å². The van der Waals surface area contributed by atoms with E-state index in [9.17, 15) is 9.59 Å². The number of amides is 2. The number of hydrogen-bond acceptors (Lipinski definition) is 3. The van der Waals surface area contributed by atoms with Crippen LogP contribution >= 0.6 is 23.2 Å². The summed E-state index contributed by atoms with van der Waals surface area (Å²) < 4.78 is 5.86. The third-order valence-electron chi connectivity index (χ3n) is 7.38. The third kappa shape index (κ3) is 9.00. The zero-order valence-corrected chi connectivity index (χ0v) is 24.6. The summed E-state index contributed by atoms with van der Waals surface area (Å²) in [5.41, 5.74) is 2.99. The lowest BCUT2D eigenvalue weighted by atomic mass is 9.94. The highest BCUT2D eigenvalue weighted by molar-refractivity contribution is 6.42. The van der Waals surface area contributed by atoms with Crippen molar-refractivity contribution in [1.82, 2.24) is 10.2 Å². The van der Waals surface area contributed by atoms with E-state index in [1.165, 1.54) is 6.42 Å². The summed E-state index contributed by atoms with van der Waals surface area (Å²) in [6.45, 7) is 2.69. The molecule has 0 spiro atoms. The number of aryl methyl sites for hydroxylation is 1. The summed E-state index contributed by atoms with van der Waals surface area (Å²) >= 11 is 12.5. The lowest BCUT2D eigenvalue weighted by molar-refractivity contribution is -0.141. The normalized spacial score (nSPS) is 14.4. The van der Waals surface area contributed by atoms with E-state index in [0.29, 0.717) is 29.5 Å². The molecule has 7 heteroatoms.